The number of carbonyl (C=O) groups is 1. The quantitative estimate of drug-likeness (QED) is 0.520. The van der Waals surface area contributed by atoms with Crippen molar-refractivity contribution in [3.8, 4) is 5.75 Å². The molecule has 0 aromatic heterocycles. The Hall–Kier alpha value is -1.45. The lowest BCUT2D eigenvalue weighted by molar-refractivity contribution is 0.0599. The van der Waals surface area contributed by atoms with Crippen molar-refractivity contribution in [3.05, 3.63) is 29.3 Å². The molecule has 0 N–H and O–H groups in total. The molecule has 0 aliphatic carbocycles. The molecule has 0 radical (unpaired) electrons. The van der Waals surface area contributed by atoms with Gasteiger partial charge in [-0.15, -0.1) is 0 Å². The highest BCUT2D eigenvalue weighted by Gasteiger charge is 2.13. The van der Waals surface area contributed by atoms with Crippen molar-refractivity contribution in [2.24, 2.45) is 0 Å². The van der Waals surface area contributed by atoms with Crippen LogP contribution < -0.4 is 4.74 Å². The van der Waals surface area contributed by atoms with Gasteiger partial charge in [0, 0.05) is 5.56 Å². The number of esters is 1. The lowest BCUT2D eigenvalue weighted by Gasteiger charge is -2.10. The van der Waals surface area contributed by atoms with Crippen LogP contribution in [0.25, 0.3) is 0 Å². The molecule has 1 aromatic rings. The molecule has 0 fully saturated rings. The van der Waals surface area contributed by atoms with E-state index in [4.69, 9.17) is 4.74 Å². The van der Waals surface area contributed by atoms with E-state index in [-0.39, 0.29) is 5.97 Å². The maximum atomic E-state index is 11.4. The minimum atomic E-state index is -0.319. The van der Waals surface area contributed by atoms with E-state index in [2.05, 4.69) is 4.74 Å². The van der Waals surface area contributed by atoms with E-state index in [0.29, 0.717) is 5.56 Å². The number of carbonyl (C=O) groups excluding carboxylic acids is 1. The molecule has 0 spiro atoms. The van der Waals surface area contributed by atoms with Gasteiger partial charge >= 0.3 is 5.97 Å². The highest BCUT2D eigenvalue weighted by molar-refractivity contribution is 6.09. The highest BCUT2D eigenvalue weighted by atomic mass is 16.5. The van der Waals surface area contributed by atoms with Gasteiger partial charge in [0.25, 0.3) is 0 Å². The summed E-state index contributed by atoms with van der Waals surface area (Å²) in [7, 11) is 4.95. The highest BCUT2D eigenvalue weighted by Crippen LogP contribution is 2.22. The molecule has 4 heteroatoms. The van der Waals surface area contributed by atoms with Crippen LogP contribution in [0.1, 0.15) is 15.9 Å². The van der Waals surface area contributed by atoms with E-state index in [1.54, 1.807) is 19.2 Å². The molecule has 3 nitrogen and oxygen atoms in total. The maximum Gasteiger partial charge on any atom is 0.338 e. The van der Waals surface area contributed by atoms with E-state index in [1.807, 2.05) is 13.9 Å². The summed E-state index contributed by atoms with van der Waals surface area (Å²) in [5.74, 6) is 0.413. The Morgan fingerprint density at radius 2 is 2.14 bits per heavy atom. The Balaban J connectivity index is 3.21. The third-order valence-corrected chi connectivity index (χ3v) is 2.11. The Labute approximate surface area is 84.4 Å². The Bertz CT molecular complexity index is 336. The van der Waals surface area contributed by atoms with Gasteiger partial charge in [-0.2, -0.15) is 0 Å². The molecule has 0 amide bonds. The summed E-state index contributed by atoms with van der Waals surface area (Å²) < 4.78 is 9.85. The molecule has 0 heterocycles. The van der Waals surface area contributed by atoms with E-state index >= 15 is 0 Å². The predicted octanol–water partition coefficient (Wildman–Crippen LogP) is 0.615. The van der Waals surface area contributed by atoms with Gasteiger partial charge in [0.15, 0.2) is 0 Å². The van der Waals surface area contributed by atoms with Crippen LogP contribution >= 0.6 is 0 Å². The van der Waals surface area contributed by atoms with E-state index in [1.165, 1.54) is 7.11 Å². The molecule has 1 aromatic carbocycles. The van der Waals surface area contributed by atoms with Gasteiger partial charge in [0.05, 0.1) is 19.8 Å². The van der Waals surface area contributed by atoms with Crippen LogP contribution in [0.5, 0.6) is 5.75 Å². The Morgan fingerprint density at radius 1 is 1.43 bits per heavy atom. The summed E-state index contributed by atoms with van der Waals surface area (Å²) in [4.78, 5) is 11.4. The number of hydrogen-bond donors (Lipinski definition) is 0. The molecule has 0 unspecified atom stereocenters. The first-order valence-electron chi connectivity index (χ1n) is 4.48. The van der Waals surface area contributed by atoms with Crippen LogP contribution in [0.4, 0.5) is 0 Å². The molecule has 0 aliphatic rings. The second kappa shape index (κ2) is 4.70. The summed E-state index contributed by atoms with van der Waals surface area (Å²) in [6.45, 7) is 0. The average molecular weight is 192 g/mol. The fourth-order valence-electron chi connectivity index (χ4n) is 1.42. The molecule has 74 valence electrons. The van der Waals surface area contributed by atoms with Crippen molar-refractivity contribution in [2.45, 2.75) is 6.32 Å². The Kier molecular flexibility index (Phi) is 3.57. The normalized spacial score (nSPS) is 9.57. The maximum absolute atomic E-state index is 11.4. The summed E-state index contributed by atoms with van der Waals surface area (Å²) in [5.41, 5.74) is 1.47. The standard InChI is InChI=1S/C10H13BO3/c1-13-9-5-3-4-7(8(9)6-11)10(12)14-2/h3-5H,6,11H2,1-2H3. The SMILES string of the molecule is BCc1c(OC)cccc1C(=O)OC. The van der Waals surface area contributed by atoms with Crippen LogP contribution in [-0.2, 0) is 11.1 Å². The van der Waals surface area contributed by atoms with Gasteiger partial charge in [-0.25, -0.2) is 4.79 Å². The van der Waals surface area contributed by atoms with Crippen molar-refractivity contribution >= 4 is 13.8 Å². The van der Waals surface area contributed by atoms with Gasteiger partial charge in [0.2, 0.25) is 0 Å². The second-order valence-corrected chi connectivity index (χ2v) is 2.83. The average Bonchev–Trinajstić information content (AvgIpc) is 2.26. The first-order valence-corrected chi connectivity index (χ1v) is 4.48. The van der Waals surface area contributed by atoms with Crippen LogP contribution in [-0.4, -0.2) is 28.0 Å². The minimum absolute atomic E-state index is 0.319. The summed E-state index contributed by atoms with van der Waals surface area (Å²) in [5, 5.41) is 0. The molecule has 1 rings (SSSR count). The minimum Gasteiger partial charge on any atom is -0.496 e. The van der Waals surface area contributed by atoms with E-state index < -0.39 is 0 Å². The van der Waals surface area contributed by atoms with Crippen molar-refractivity contribution in [1.29, 1.82) is 0 Å². The molecular weight excluding hydrogens is 179 g/mol. The third-order valence-electron chi connectivity index (χ3n) is 2.11. The van der Waals surface area contributed by atoms with Crippen molar-refractivity contribution in [3.63, 3.8) is 0 Å². The number of rotatable bonds is 3. The van der Waals surface area contributed by atoms with Crippen LogP contribution in [0, 0.1) is 0 Å². The third kappa shape index (κ3) is 1.89. The fourth-order valence-corrected chi connectivity index (χ4v) is 1.42. The lowest BCUT2D eigenvalue weighted by atomic mass is 9.92. The number of ether oxygens (including phenoxy) is 2. The van der Waals surface area contributed by atoms with Crippen LogP contribution in [0.15, 0.2) is 18.2 Å². The molecular formula is C10H13BO3. The zero-order chi connectivity index (χ0) is 10.6. The monoisotopic (exact) mass is 192 g/mol. The molecule has 0 atom stereocenters. The van der Waals surface area contributed by atoms with Gasteiger partial charge < -0.3 is 9.47 Å². The van der Waals surface area contributed by atoms with E-state index in [9.17, 15) is 4.79 Å². The fraction of sp³-hybridized carbons (Fsp3) is 0.300. The first kappa shape index (κ1) is 10.6. The van der Waals surface area contributed by atoms with Crippen molar-refractivity contribution in [2.75, 3.05) is 14.2 Å². The molecule has 0 saturated carbocycles. The number of hydrogen-bond acceptors (Lipinski definition) is 3. The summed E-state index contributed by atoms with van der Waals surface area (Å²) in [6, 6.07) is 5.36. The zero-order valence-corrected chi connectivity index (χ0v) is 8.66. The smallest absolute Gasteiger partial charge is 0.338 e. The molecule has 0 aliphatic heterocycles. The number of methoxy groups -OCH3 is 2. The topological polar surface area (TPSA) is 35.5 Å². The molecule has 0 bridgehead atoms. The van der Waals surface area contributed by atoms with Crippen LogP contribution in [0.3, 0.4) is 0 Å². The lowest BCUT2D eigenvalue weighted by Crippen LogP contribution is -2.07. The molecule has 0 saturated heterocycles. The summed E-state index contributed by atoms with van der Waals surface area (Å²) in [6.07, 6.45) is 0.744. The van der Waals surface area contributed by atoms with Crippen molar-refractivity contribution in [1.82, 2.24) is 0 Å². The van der Waals surface area contributed by atoms with Gasteiger partial charge in [-0.05, 0) is 12.1 Å². The second-order valence-electron chi connectivity index (χ2n) is 2.83. The van der Waals surface area contributed by atoms with E-state index in [0.717, 1.165) is 17.6 Å². The van der Waals surface area contributed by atoms with Gasteiger partial charge in [0.1, 0.15) is 13.6 Å². The largest absolute Gasteiger partial charge is 0.496 e. The predicted molar refractivity (Wildman–Crippen MR) is 56.6 cm³/mol. The number of benzene rings is 1. The Morgan fingerprint density at radius 3 is 2.64 bits per heavy atom. The molecule has 14 heavy (non-hydrogen) atoms. The first-order chi connectivity index (χ1) is 6.74. The summed E-state index contributed by atoms with van der Waals surface area (Å²) >= 11 is 0. The van der Waals surface area contributed by atoms with Crippen LogP contribution in [0.2, 0.25) is 0 Å². The van der Waals surface area contributed by atoms with Gasteiger partial charge in [-0.1, -0.05) is 12.4 Å². The zero-order valence-electron chi connectivity index (χ0n) is 8.66. The van der Waals surface area contributed by atoms with Crippen molar-refractivity contribution < 1.29 is 14.3 Å². The van der Waals surface area contributed by atoms with Gasteiger partial charge in [-0.3, -0.25) is 0 Å².